The maximum absolute atomic E-state index is 11.7. The number of hydrazone groups is 1. The van der Waals surface area contributed by atoms with E-state index in [0.29, 0.717) is 5.22 Å². The summed E-state index contributed by atoms with van der Waals surface area (Å²) in [7, 11) is 0. The Hall–Kier alpha value is -2.08. The molecule has 5 nitrogen and oxygen atoms in total. The number of nitrogens with one attached hydrogen (secondary N) is 1. The van der Waals surface area contributed by atoms with Crippen LogP contribution in [0, 0.1) is 0 Å². The summed E-state index contributed by atoms with van der Waals surface area (Å²) in [5, 5.41) is 4.51. The zero-order chi connectivity index (χ0) is 15.1. The van der Waals surface area contributed by atoms with Crippen LogP contribution in [0.15, 0.2) is 51.7 Å². The highest BCUT2D eigenvalue weighted by molar-refractivity contribution is 7.99. The molecule has 110 valence electrons. The molecule has 0 atom stereocenters. The molecule has 0 spiro atoms. The molecule has 0 fully saturated rings. The van der Waals surface area contributed by atoms with Crippen molar-refractivity contribution in [2.24, 2.45) is 5.10 Å². The predicted molar refractivity (Wildman–Crippen MR) is 85.4 cm³/mol. The summed E-state index contributed by atoms with van der Waals surface area (Å²) in [6, 6.07) is 7.50. The Morgan fingerprint density at radius 1 is 1.52 bits per heavy atom. The number of hydrogen-bond donors (Lipinski definition) is 1. The van der Waals surface area contributed by atoms with Crippen molar-refractivity contribution in [1.29, 1.82) is 0 Å². The van der Waals surface area contributed by atoms with E-state index < -0.39 is 0 Å². The van der Waals surface area contributed by atoms with Gasteiger partial charge in [0.05, 0.1) is 5.75 Å². The lowest BCUT2D eigenvalue weighted by atomic mass is 10.2. The number of rotatable bonds is 7. The number of allylic oxidation sites excluding steroid dienone is 1. The Morgan fingerprint density at radius 3 is 3.10 bits per heavy atom. The Kier molecular flexibility index (Phi) is 5.57. The molecule has 1 amide bonds. The van der Waals surface area contributed by atoms with E-state index in [1.54, 1.807) is 0 Å². The van der Waals surface area contributed by atoms with Gasteiger partial charge in [-0.2, -0.15) is 5.10 Å². The Labute approximate surface area is 127 Å². The topological polar surface area (TPSA) is 67.5 Å². The second-order valence-electron chi connectivity index (χ2n) is 4.45. The minimum absolute atomic E-state index is 0.180. The Bertz CT molecular complexity index is 631. The molecule has 0 aliphatic rings. The lowest BCUT2D eigenvalue weighted by Crippen LogP contribution is -2.20. The number of amides is 1. The van der Waals surface area contributed by atoms with Gasteiger partial charge in [-0.1, -0.05) is 30.0 Å². The van der Waals surface area contributed by atoms with E-state index in [0.717, 1.165) is 29.7 Å². The fourth-order valence-corrected chi connectivity index (χ4v) is 2.23. The molecule has 0 saturated carbocycles. The molecule has 1 N–H and O–H groups in total. The largest absolute Gasteiger partial charge is 0.431 e. The molecule has 0 aliphatic heterocycles. The third kappa shape index (κ3) is 4.75. The molecule has 21 heavy (non-hydrogen) atoms. The summed E-state index contributed by atoms with van der Waals surface area (Å²) in [5.41, 5.74) is 4.90. The molecule has 2 rings (SSSR count). The van der Waals surface area contributed by atoms with Crippen LogP contribution in [-0.2, 0) is 4.79 Å². The summed E-state index contributed by atoms with van der Waals surface area (Å²) in [4.78, 5) is 16.0. The van der Waals surface area contributed by atoms with Crippen LogP contribution in [0.3, 0.4) is 0 Å². The van der Waals surface area contributed by atoms with E-state index in [9.17, 15) is 4.79 Å². The monoisotopic (exact) mass is 303 g/mol. The zero-order valence-electron chi connectivity index (χ0n) is 11.8. The van der Waals surface area contributed by atoms with Gasteiger partial charge in [0.2, 0.25) is 0 Å². The molecule has 6 heteroatoms. The first-order valence-corrected chi connectivity index (χ1v) is 7.59. The van der Waals surface area contributed by atoms with E-state index in [1.165, 1.54) is 11.8 Å². The normalized spacial score (nSPS) is 11.6. The van der Waals surface area contributed by atoms with E-state index in [2.05, 4.69) is 22.1 Å². The fourth-order valence-electron chi connectivity index (χ4n) is 1.60. The number of thioether (sulfide) groups is 1. The maximum atomic E-state index is 11.7. The molecule has 0 radical (unpaired) electrons. The van der Waals surface area contributed by atoms with Crippen molar-refractivity contribution >= 4 is 34.5 Å². The van der Waals surface area contributed by atoms with Crippen LogP contribution < -0.4 is 5.43 Å². The number of carbonyl (C=O) groups excluding carboxylic acids is 1. The van der Waals surface area contributed by atoms with Crippen LogP contribution in [0.4, 0.5) is 0 Å². The number of fused-ring (bicyclic) bond motifs is 1. The lowest BCUT2D eigenvalue weighted by molar-refractivity contribution is -0.118. The summed E-state index contributed by atoms with van der Waals surface area (Å²) in [6.45, 7) is 5.52. The average molecular weight is 303 g/mol. The van der Waals surface area contributed by atoms with Crippen molar-refractivity contribution < 1.29 is 9.21 Å². The SMILES string of the molecule is C=CCCC(C)=NNC(=O)CSc1nc2ccccc2o1. The molecular formula is C15H17N3O2S. The van der Waals surface area contributed by atoms with Crippen molar-refractivity contribution in [2.45, 2.75) is 25.0 Å². The first-order valence-electron chi connectivity index (χ1n) is 6.60. The summed E-state index contributed by atoms with van der Waals surface area (Å²) in [6.07, 6.45) is 3.47. The van der Waals surface area contributed by atoms with Gasteiger partial charge in [-0.25, -0.2) is 10.4 Å². The molecule has 1 aromatic heterocycles. The third-order valence-electron chi connectivity index (χ3n) is 2.68. The second kappa shape index (κ2) is 7.64. The van der Waals surface area contributed by atoms with Crippen LogP contribution in [0.25, 0.3) is 11.1 Å². The number of oxazole rings is 1. The smallest absolute Gasteiger partial charge is 0.257 e. The highest BCUT2D eigenvalue weighted by Gasteiger charge is 2.08. The van der Waals surface area contributed by atoms with E-state index in [1.807, 2.05) is 37.3 Å². The van der Waals surface area contributed by atoms with Gasteiger partial charge in [-0.05, 0) is 31.9 Å². The van der Waals surface area contributed by atoms with E-state index in [4.69, 9.17) is 4.42 Å². The highest BCUT2D eigenvalue weighted by atomic mass is 32.2. The number of aromatic nitrogens is 1. The van der Waals surface area contributed by atoms with Gasteiger partial charge in [-0.3, -0.25) is 4.79 Å². The zero-order valence-corrected chi connectivity index (χ0v) is 12.7. The second-order valence-corrected chi connectivity index (χ2v) is 5.37. The lowest BCUT2D eigenvalue weighted by Gasteiger charge is -2.00. The van der Waals surface area contributed by atoms with Gasteiger partial charge in [0, 0.05) is 5.71 Å². The van der Waals surface area contributed by atoms with Gasteiger partial charge in [-0.15, -0.1) is 6.58 Å². The number of hydrogen-bond acceptors (Lipinski definition) is 5. The Balaban J connectivity index is 1.82. The number of benzene rings is 1. The van der Waals surface area contributed by atoms with Crippen molar-refractivity contribution in [3.8, 4) is 0 Å². The average Bonchev–Trinajstić information content (AvgIpc) is 2.91. The van der Waals surface area contributed by atoms with Crippen molar-refractivity contribution in [2.75, 3.05) is 5.75 Å². The predicted octanol–water partition coefficient (Wildman–Crippen LogP) is 3.38. The van der Waals surface area contributed by atoms with E-state index in [-0.39, 0.29) is 11.7 Å². The van der Waals surface area contributed by atoms with Gasteiger partial charge in [0.15, 0.2) is 5.58 Å². The molecule has 2 aromatic rings. The maximum Gasteiger partial charge on any atom is 0.257 e. The minimum atomic E-state index is -0.180. The molecule has 1 aromatic carbocycles. The number of para-hydroxylation sites is 2. The van der Waals surface area contributed by atoms with Gasteiger partial charge in [0.1, 0.15) is 5.52 Å². The van der Waals surface area contributed by atoms with Crippen LogP contribution >= 0.6 is 11.8 Å². The summed E-state index contributed by atoms with van der Waals surface area (Å²) < 4.78 is 5.52. The molecule has 0 bridgehead atoms. The van der Waals surface area contributed by atoms with E-state index >= 15 is 0 Å². The van der Waals surface area contributed by atoms with Crippen LogP contribution in [-0.4, -0.2) is 22.4 Å². The summed E-state index contributed by atoms with van der Waals surface area (Å²) >= 11 is 1.25. The molecule has 0 saturated heterocycles. The number of carbonyl (C=O) groups is 1. The van der Waals surface area contributed by atoms with Crippen LogP contribution in [0.5, 0.6) is 0 Å². The van der Waals surface area contributed by atoms with Gasteiger partial charge in [0.25, 0.3) is 11.1 Å². The van der Waals surface area contributed by atoms with Gasteiger partial charge < -0.3 is 4.42 Å². The third-order valence-corrected chi connectivity index (χ3v) is 3.51. The van der Waals surface area contributed by atoms with Crippen molar-refractivity contribution in [1.82, 2.24) is 10.4 Å². The van der Waals surface area contributed by atoms with Crippen molar-refractivity contribution in [3.63, 3.8) is 0 Å². The quantitative estimate of drug-likeness (QED) is 0.368. The molecule has 1 heterocycles. The summed E-state index contributed by atoms with van der Waals surface area (Å²) in [5.74, 6) is 0.0330. The first-order chi connectivity index (χ1) is 10.2. The Morgan fingerprint density at radius 2 is 2.33 bits per heavy atom. The molecule has 0 unspecified atom stereocenters. The molecular weight excluding hydrogens is 286 g/mol. The first kappa shape index (κ1) is 15.3. The van der Waals surface area contributed by atoms with Crippen LogP contribution in [0.1, 0.15) is 19.8 Å². The van der Waals surface area contributed by atoms with Gasteiger partial charge >= 0.3 is 0 Å². The minimum Gasteiger partial charge on any atom is -0.431 e. The number of nitrogens with zero attached hydrogens (tertiary/aromatic N) is 2. The van der Waals surface area contributed by atoms with Crippen LogP contribution in [0.2, 0.25) is 0 Å². The van der Waals surface area contributed by atoms with Crippen molar-refractivity contribution in [3.05, 3.63) is 36.9 Å². The highest BCUT2D eigenvalue weighted by Crippen LogP contribution is 2.22. The fraction of sp³-hybridized carbons (Fsp3) is 0.267. The molecule has 0 aliphatic carbocycles. The standard InChI is InChI=1S/C15H17N3O2S/c1-3-4-7-11(2)17-18-14(19)10-21-15-16-12-8-5-6-9-13(12)20-15/h3,5-6,8-9H,1,4,7,10H2,2H3,(H,18,19).